The molecule has 0 aliphatic carbocycles. The van der Waals surface area contributed by atoms with Crippen LogP contribution in [-0.2, 0) is 10.0 Å². The van der Waals surface area contributed by atoms with Gasteiger partial charge in [0.05, 0.1) is 11.5 Å². The van der Waals surface area contributed by atoms with Gasteiger partial charge in [-0.3, -0.25) is 14.7 Å². The normalized spacial score (nSPS) is 17.0. The number of aliphatic hydroxyl groups is 1. The van der Waals surface area contributed by atoms with Crippen molar-refractivity contribution < 1.29 is 18.3 Å². The van der Waals surface area contributed by atoms with E-state index >= 15 is 0 Å². The van der Waals surface area contributed by atoms with Gasteiger partial charge in [-0.25, -0.2) is 8.42 Å². The molecule has 0 unspecified atom stereocenters. The van der Waals surface area contributed by atoms with Crippen LogP contribution in [0.5, 0.6) is 0 Å². The van der Waals surface area contributed by atoms with Gasteiger partial charge >= 0.3 is 0 Å². The molecule has 3 rings (SSSR count). The number of aromatic nitrogens is 1. The van der Waals surface area contributed by atoms with Crippen LogP contribution in [0.4, 0.5) is 5.69 Å². The number of amides is 1. The van der Waals surface area contributed by atoms with Gasteiger partial charge in [0.2, 0.25) is 10.0 Å². The zero-order chi connectivity index (χ0) is 20.9. The number of nitrogens with zero attached hydrogens (tertiary/aromatic N) is 3. The average molecular weight is 419 g/mol. The molecular weight excluding hydrogens is 392 g/mol. The smallest absolute Gasteiger partial charge is 0.274 e. The van der Waals surface area contributed by atoms with Crippen molar-refractivity contribution in [3.63, 3.8) is 0 Å². The summed E-state index contributed by atoms with van der Waals surface area (Å²) < 4.78 is 27.5. The van der Waals surface area contributed by atoms with Crippen LogP contribution in [0.1, 0.15) is 23.8 Å². The predicted octanol–water partition coefficient (Wildman–Crippen LogP) is 1.41. The van der Waals surface area contributed by atoms with Crippen LogP contribution in [0, 0.1) is 0 Å². The quantitative estimate of drug-likeness (QED) is 0.705. The summed E-state index contributed by atoms with van der Waals surface area (Å²) >= 11 is 0. The summed E-state index contributed by atoms with van der Waals surface area (Å²) in [5.41, 5.74) is 0.651. The van der Waals surface area contributed by atoms with Crippen LogP contribution in [0.2, 0.25) is 0 Å². The van der Waals surface area contributed by atoms with Crippen LogP contribution in [0.15, 0.2) is 53.6 Å². The second kappa shape index (κ2) is 9.45. The Bertz CT molecular complexity index is 925. The lowest BCUT2D eigenvalue weighted by molar-refractivity contribution is 0.0881. The fourth-order valence-corrected chi connectivity index (χ4v) is 4.86. The van der Waals surface area contributed by atoms with Crippen molar-refractivity contribution in [3.8, 4) is 0 Å². The van der Waals surface area contributed by atoms with Gasteiger partial charge < -0.3 is 10.4 Å². The Hall–Kier alpha value is -2.33. The molecule has 2 heterocycles. The molecule has 1 amide bonds. The number of nitrogens with one attached hydrogen (secondary N) is 1. The van der Waals surface area contributed by atoms with Crippen molar-refractivity contribution >= 4 is 21.6 Å². The maximum atomic E-state index is 13.0. The molecule has 1 atom stereocenters. The second-order valence-electron chi connectivity index (χ2n) is 6.88. The monoisotopic (exact) mass is 418 g/mol. The fraction of sp³-hybridized carbons (Fsp3) is 0.400. The standard InChI is InChI=1S/C20H26N4O4S/c1-2-17(15-25)23-10-12-24(13-11-23)29(27,28)18-7-5-6-16(14-18)22-20(26)19-8-3-4-9-21-19/h3-9,14,17,25H,2,10-13,15H2,1H3,(H,22,26)/t17-/m0/s1. The first-order valence-corrected chi connectivity index (χ1v) is 11.1. The first-order chi connectivity index (χ1) is 14.0. The van der Waals surface area contributed by atoms with Crippen LogP contribution in [-0.4, -0.2) is 72.4 Å². The molecule has 9 heteroatoms. The minimum absolute atomic E-state index is 0.0602. The molecule has 0 radical (unpaired) electrons. The van der Waals surface area contributed by atoms with Gasteiger partial charge in [-0.05, 0) is 36.8 Å². The topological polar surface area (TPSA) is 103 Å². The maximum absolute atomic E-state index is 13.0. The minimum atomic E-state index is -3.67. The zero-order valence-corrected chi connectivity index (χ0v) is 17.2. The number of aliphatic hydroxyl groups excluding tert-OH is 1. The molecule has 0 bridgehead atoms. The molecule has 2 N–H and O–H groups in total. The molecule has 8 nitrogen and oxygen atoms in total. The number of hydrogen-bond donors (Lipinski definition) is 2. The molecule has 1 aromatic carbocycles. The summed E-state index contributed by atoms with van der Waals surface area (Å²) in [6.45, 7) is 3.96. The summed E-state index contributed by atoms with van der Waals surface area (Å²) in [7, 11) is -3.67. The summed E-state index contributed by atoms with van der Waals surface area (Å²) in [6, 6.07) is 11.3. The molecular formula is C20H26N4O4S. The van der Waals surface area contributed by atoms with Crippen molar-refractivity contribution in [2.24, 2.45) is 0 Å². The highest BCUT2D eigenvalue weighted by atomic mass is 32.2. The highest BCUT2D eigenvalue weighted by Gasteiger charge is 2.30. The van der Waals surface area contributed by atoms with E-state index in [0.29, 0.717) is 31.9 Å². The molecule has 0 saturated carbocycles. The largest absolute Gasteiger partial charge is 0.395 e. The van der Waals surface area contributed by atoms with Crippen molar-refractivity contribution in [2.45, 2.75) is 24.3 Å². The van der Waals surface area contributed by atoms with E-state index in [4.69, 9.17) is 0 Å². The van der Waals surface area contributed by atoms with Crippen LogP contribution < -0.4 is 5.32 Å². The van der Waals surface area contributed by atoms with Crippen molar-refractivity contribution in [2.75, 3.05) is 38.1 Å². The number of carbonyl (C=O) groups is 1. The Kier molecular flexibility index (Phi) is 6.96. The van der Waals surface area contributed by atoms with E-state index < -0.39 is 15.9 Å². The zero-order valence-electron chi connectivity index (χ0n) is 16.4. The number of carbonyl (C=O) groups excluding carboxylic acids is 1. The lowest BCUT2D eigenvalue weighted by Gasteiger charge is -2.37. The molecule has 1 aromatic heterocycles. The van der Waals surface area contributed by atoms with Crippen molar-refractivity contribution in [1.82, 2.24) is 14.2 Å². The van der Waals surface area contributed by atoms with Gasteiger partial charge in [0.25, 0.3) is 5.91 Å². The lowest BCUT2D eigenvalue weighted by atomic mass is 10.2. The number of pyridine rings is 1. The summed E-state index contributed by atoms with van der Waals surface area (Å²) in [5.74, 6) is -0.400. The molecule has 1 aliphatic heterocycles. The van der Waals surface area contributed by atoms with Gasteiger partial charge in [0, 0.05) is 44.1 Å². The molecule has 1 aliphatic rings. The molecule has 0 spiro atoms. The van der Waals surface area contributed by atoms with Crippen LogP contribution in [0.3, 0.4) is 0 Å². The SMILES string of the molecule is CC[C@@H](CO)N1CCN(S(=O)(=O)c2cccc(NC(=O)c3ccccn3)c2)CC1. The summed E-state index contributed by atoms with van der Waals surface area (Å²) in [6.07, 6.45) is 2.34. The number of sulfonamides is 1. The van der Waals surface area contributed by atoms with E-state index in [-0.39, 0.29) is 23.2 Å². The fourth-order valence-electron chi connectivity index (χ4n) is 3.39. The first kappa shape index (κ1) is 21.4. The Labute approximate surface area is 171 Å². The number of anilines is 1. The Morgan fingerprint density at radius 1 is 1.17 bits per heavy atom. The van der Waals surface area contributed by atoms with Gasteiger partial charge in [-0.1, -0.05) is 19.1 Å². The van der Waals surface area contributed by atoms with Gasteiger partial charge in [-0.2, -0.15) is 4.31 Å². The van der Waals surface area contributed by atoms with E-state index in [1.807, 2.05) is 6.92 Å². The minimum Gasteiger partial charge on any atom is -0.395 e. The second-order valence-corrected chi connectivity index (χ2v) is 8.82. The highest BCUT2D eigenvalue weighted by molar-refractivity contribution is 7.89. The average Bonchev–Trinajstić information content (AvgIpc) is 2.76. The van der Waals surface area contributed by atoms with Crippen molar-refractivity contribution in [3.05, 3.63) is 54.4 Å². The molecule has 1 fully saturated rings. The third-order valence-electron chi connectivity index (χ3n) is 5.10. The molecule has 156 valence electrons. The summed E-state index contributed by atoms with van der Waals surface area (Å²) in [5, 5.41) is 12.1. The highest BCUT2D eigenvalue weighted by Crippen LogP contribution is 2.22. The predicted molar refractivity (Wildman–Crippen MR) is 110 cm³/mol. The number of piperazine rings is 1. The van der Waals surface area contributed by atoms with E-state index in [1.165, 1.54) is 22.6 Å². The third-order valence-corrected chi connectivity index (χ3v) is 6.99. The van der Waals surface area contributed by atoms with Gasteiger partial charge in [0.1, 0.15) is 5.69 Å². The number of rotatable bonds is 7. The summed E-state index contributed by atoms with van der Waals surface area (Å²) in [4.78, 5) is 18.5. The lowest BCUT2D eigenvalue weighted by Crippen LogP contribution is -2.52. The van der Waals surface area contributed by atoms with E-state index in [9.17, 15) is 18.3 Å². The number of hydrogen-bond acceptors (Lipinski definition) is 6. The maximum Gasteiger partial charge on any atom is 0.274 e. The first-order valence-electron chi connectivity index (χ1n) is 9.63. The Balaban J connectivity index is 1.70. The molecule has 2 aromatic rings. The van der Waals surface area contributed by atoms with Gasteiger partial charge in [0.15, 0.2) is 0 Å². The Morgan fingerprint density at radius 2 is 1.93 bits per heavy atom. The van der Waals surface area contributed by atoms with Crippen LogP contribution >= 0.6 is 0 Å². The van der Waals surface area contributed by atoms with E-state index in [1.54, 1.807) is 30.3 Å². The van der Waals surface area contributed by atoms with Crippen LogP contribution in [0.25, 0.3) is 0 Å². The Morgan fingerprint density at radius 3 is 2.55 bits per heavy atom. The van der Waals surface area contributed by atoms with Gasteiger partial charge in [-0.15, -0.1) is 0 Å². The van der Waals surface area contributed by atoms with E-state index in [2.05, 4.69) is 15.2 Å². The molecule has 1 saturated heterocycles. The van der Waals surface area contributed by atoms with Crippen molar-refractivity contribution in [1.29, 1.82) is 0 Å². The molecule has 29 heavy (non-hydrogen) atoms. The third kappa shape index (κ3) is 4.99. The van der Waals surface area contributed by atoms with E-state index in [0.717, 1.165) is 6.42 Å². The number of benzene rings is 1.